The molecule has 0 aliphatic rings. The van der Waals surface area contributed by atoms with Gasteiger partial charge in [-0.1, -0.05) is 6.92 Å². The zero-order valence-electron chi connectivity index (χ0n) is 10.8. The van der Waals surface area contributed by atoms with Gasteiger partial charge < -0.3 is 10.6 Å². The van der Waals surface area contributed by atoms with Gasteiger partial charge in [0.25, 0.3) is 0 Å². The molecule has 5 nitrogen and oxygen atoms in total. The van der Waals surface area contributed by atoms with Gasteiger partial charge in [0.05, 0.1) is 12.6 Å². The summed E-state index contributed by atoms with van der Waals surface area (Å²) in [5.74, 6) is 0.0554. The van der Waals surface area contributed by atoms with Gasteiger partial charge in [-0.25, -0.2) is 0 Å². The highest BCUT2D eigenvalue weighted by atomic mass is 16.2. The maximum absolute atomic E-state index is 11.7. The van der Waals surface area contributed by atoms with Gasteiger partial charge in [0.15, 0.2) is 0 Å². The lowest BCUT2D eigenvalue weighted by molar-refractivity contribution is -0.123. The molecule has 1 rings (SSSR count). The number of carbonyl (C=O) groups is 1. The summed E-state index contributed by atoms with van der Waals surface area (Å²) in [4.78, 5) is 11.7. The van der Waals surface area contributed by atoms with Gasteiger partial charge in [-0.05, 0) is 26.3 Å². The molecule has 0 aromatic carbocycles. The maximum atomic E-state index is 11.7. The van der Waals surface area contributed by atoms with Crippen LogP contribution < -0.4 is 10.6 Å². The Hall–Kier alpha value is -1.36. The largest absolute Gasteiger partial charge is 0.352 e. The minimum atomic E-state index is -0.167. The Kier molecular flexibility index (Phi) is 5.69. The SMILES string of the molecule is CC[C@H](C)NC(=O)[C@H](C)NCCn1cccn1. The fourth-order valence-corrected chi connectivity index (χ4v) is 1.39. The highest BCUT2D eigenvalue weighted by molar-refractivity contribution is 5.81. The van der Waals surface area contributed by atoms with Crippen molar-refractivity contribution in [2.75, 3.05) is 6.54 Å². The summed E-state index contributed by atoms with van der Waals surface area (Å²) in [5.41, 5.74) is 0. The average Bonchev–Trinajstić information content (AvgIpc) is 2.81. The van der Waals surface area contributed by atoms with Gasteiger partial charge in [0, 0.05) is 25.0 Å². The van der Waals surface area contributed by atoms with E-state index in [1.807, 2.05) is 30.8 Å². The van der Waals surface area contributed by atoms with Gasteiger partial charge >= 0.3 is 0 Å². The first kappa shape index (κ1) is 13.7. The van der Waals surface area contributed by atoms with Crippen molar-refractivity contribution in [1.29, 1.82) is 0 Å². The summed E-state index contributed by atoms with van der Waals surface area (Å²) >= 11 is 0. The van der Waals surface area contributed by atoms with Crippen LogP contribution in [-0.4, -0.2) is 34.3 Å². The highest BCUT2D eigenvalue weighted by Crippen LogP contribution is 1.91. The van der Waals surface area contributed by atoms with Crippen molar-refractivity contribution in [1.82, 2.24) is 20.4 Å². The number of carbonyl (C=O) groups excluding carboxylic acids is 1. The minimum Gasteiger partial charge on any atom is -0.352 e. The van der Waals surface area contributed by atoms with Crippen LogP contribution in [0.5, 0.6) is 0 Å². The van der Waals surface area contributed by atoms with E-state index in [-0.39, 0.29) is 18.0 Å². The van der Waals surface area contributed by atoms with Crippen molar-refractivity contribution < 1.29 is 4.79 Å². The molecule has 1 amide bonds. The van der Waals surface area contributed by atoms with E-state index in [9.17, 15) is 4.79 Å². The number of aromatic nitrogens is 2. The van der Waals surface area contributed by atoms with Crippen LogP contribution in [0.4, 0.5) is 0 Å². The molecule has 5 heteroatoms. The number of hydrogen-bond acceptors (Lipinski definition) is 3. The number of nitrogens with one attached hydrogen (secondary N) is 2. The Bertz CT molecular complexity index is 323. The number of amides is 1. The van der Waals surface area contributed by atoms with E-state index in [1.54, 1.807) is 6.20 Å². The monoisotopic (exact) mass is 238 g/mol. The highest BCUT2D eigenvalue weighted by Gasteiger charge is 2.13. The average molecular weight is 238 g/mol. The van der Waals surface area contributed by atoms with Crippen molar-refractivity contribution in [3.05, 3.63) is 18.5 Å². The van der Waals surface area contributed by atoms with Crippen LogP contribution in [0.15, 0.2) is 18.5 Å². The van der Waals surface area contributed by atoms with Gasteiger partial charge in [-0.15, -0.1) is 0 Å². The van der Waals surface area contributed by atoms with E-state index in [0.717, 1.165) is 19.5 Å². The lowest BCUT2D eigenvalue weighted by Crippen LogP contribution is -2.46. The second-order valence-electron chi connectivity index (χ2n) is 4.26. The molecule has 0 aliphatic carbocycles. The molecule has 1 heterocycles. The molecule has 0 fully saturated rings. The molecule has 0 saturated carbocycles. The van der Waals surface area contributed by atoms with Gasteiger partial charge in [-0.2, -0.15) is 5.10 Å². The molecule has 0 saturated heterocycles. The standard InChI is InChI=1S/C12H22N4O/c1-4-10(2)15-12(17)11(3)13-7-9-16-8-5-6-14-16/h5-6,8,10-11,13H,4,7,9H2,1-3H3,(H,15,17)/t10-,11-/m0/s1. The Morgan fingerprint density at radius 3 is 2.82 bits per heavy atom. The van der Waals surface area contributed by atoms with Crippen molar-refractivity contribution in [2.45, 2.75) is 45.8 Å². The molecule has 0 spiro atoms. The van der Waals surface area contributed by atoms with Crippen molar-refractivity contribution in [3.8, 4) is 0 Å². The van der Waals surface area contributed by atoms with Crippen LogP contribution in [0, 0.1) is 0 Å². The molecule has 0 aliphatic heterocycles. The third-order valence-electron chi connectivity index (χ3n) is 2.74. The number of hydrogen-bond donors (Lipinski definition) is 2. The molecule has 96 valence electrons. The summed E-state index contributed by atoms with van der Waals surface area (Å²) < 4.78 is 1.84. The minimum absolute atomic E-state index is 0.0554. The predicted molar refractivity (Wildman–Crippen MR) is 67.6 cm³/mol. The van der Waals surface area contributed by atoms with Crippen LogP contribution in [0.2, 0.25) is 0 Å². The molecule has 2 atom stereocenters. The second-order valence-corrected chi connectivity index (χ2v) is 4.26. The fraction of sp³-hybridized carbons (Fsp3) is 0.667. The zero-order chi connectivity index (χ0) is 12.7. The molecule has 1 aromatic rings. The Labute approximate surface area is 103 Å². The molecule has 17 heavy (non-hydrogen) atoms. The topological polar surface area (TPSA) is 59.0 Å². The fourth-order valence-electron chi connectivity index (χ4n) is 1.39. The van der Waals surface area contributed by atoms with E-state index in [1.165, 1.54) is 0 Å². The van der Waals surface area contributed by atoms with Crippen LogP contribution in [0.25, 0.3) is 0 Å². The van der Waals surface area contributed by atoms with Crippen molar-refractivity contribution in [2.24, 2.45) is 0 Å². The second kappa shape index (κ2) is 7.06. The number of nitrogens with zero attached hydrogens (tertiary/aromatic N) is 2. The van der Waals surface area contributed by atoms with E-state index >= 15 is 0 Å². The summed E-state index contributed by atoms with van der Waals surface area (Å²) in [7, 11) is 0. The molecule has 0 bridgehead atoms. The van der Waals surface area contributed by atoms with Crippen LogP contribution in [0.1, 0.15) is 27.2 Å². The molecular weight excluding hydrogens is 216 g/mol. The Morgan fingerprint density at radius 1 is 1.47 bits per heavy atom. The van der Waals surface area contributed by atoms with E-state index in [2.05, 4.69) is 22.7 Å². The summed E-state index contributed by atoms with van der Waals surface area (Å²) in [6, 6.07) is 1.96. The van der Waals surface area contributed by atoms with E-state index < -0.39 is 0 Å². The lowest BCUT2D eigenvalue weighted by atomic mass is 10.2. The zero-order valence-corrected chi connectivity index (χ0v) is 10.8. The number of rotatable bonds is 7. The first-order valence-corrected chi connectivity index (χ1v) is 6.14. The maximum Gasteiger partial charge on any atom is 0.237 e. The summed E-state index contributed by atoms with van der Waals surface area (Å²) in [5, 5.41) is 10.2. The van der Waals surface area contributed by atoms with Gasteiger partial charge in [0.1, 0.15) is 0 Å². The normalized spacial score (nSPS) is 14.3. The van der Waals surface area contributed by atoms with Crippen molar-refractivity contribution in [3.63, 3.8) is 0 Å². The third-order valence-corrected chi connectivity index (χ3v) is 2.74. The van der Waals surface area contributed by atoms with Gasteiger partial charge in [0.2, 0.25) is 5.91 Å². The van der Waals surface area contributed by atoms with Crippen molar-refractivity contribution >= 4 is 5.91 Å². The third kappa shape index (κ3) is 4.99. The molecule has 0 radical (unpaired) electrons. The summed E-state index contributed by atoms with van der Waals surface area (Å²) in [6.45, 7) is 7.45. The predicted octanol–water partition coefficient (Wildman–Crippen LogP) is 0.776. The molecular formula is C12H22N4O. The lowest BCUT2D eigenvalue weighted by Gasteiger charge is -2.17. The molecule has 1 aromatic heterocycles. The smallest absolute Gasteiger partial charge is 0.237 e. The van der Waals surface area contributed by atoms with E-state index in [0.29, 0.717) is 0 Å². The quantitative estimate of drug-likeness (QED) is 0.738. The van der Waals surface area contributed by atoms with Crippen LogP contribution in [-0.2, 0) is 11.3 Å². The Morgan fingerprint density at radius 2 is 2.24 bits per heavy atom. The van der Waals surface area contributed by atoms with Crippen LogP contribution >= 0.6 is 0 Å². The first-order chi connectivity index (χ1) is 8.13. The molecule has 2 N–H and O–H groups in total. The van der Waals surface area contributed by atoms with Gasteiger partial charge in [-0.3, -0.25) is 9.48 Å². The van der Waals surface area contributed by atoms with E-state index in [4.69, 9.17) is 0 Å². The van der Waals surface area contributed by atoms with Crippen LogP contribution in [0.3, 0.4) is 0 Å². The molecule has 0 unspecified atom stereocenters. The first-order valence-electron chi connectivity index (χ1n) is 6.14. The Balaban J connectivity index is 2.20. The summed E-state index contributed by atoms with van der Waals surface area (Å²) in [6.07, 6.45) is 4.61.